The highest BCUT2D eigenvalue weighted by Crippen LogP contribution is 2.22. The van der Waals surface area contributed by atoms with Crippen molar-refractivity contribution in [2.24, 2.45) is 0 Å². The van der Waals surface area contributed by atoms with E-state index in [1.807, 2.05) is 30.3 Å². The fourth-order valence-electron chi connectivity index (χ4n) is 2.43. The van der Waals surface area contributed by atoms with Crippen molar-refractivity contribution in [3.8, 4) is 0 Å². The average molecular weight is 249 g/mol. The molecular formula is C15H23NO2. The summed E-state index contributed by atoms with van der Waals surface area (Å²) in [6.45, 7) is 7.82. The summed E-state index contributed by atoms with van der Waals surface area (Å²) in [5.74, 6) is 0. The van der Waals surface area contributed by atoms with Crippen molar-refractivity contribution in [2.45, 2.75) is 31.9 Å². The molecule has 1 aromatic rings. The molecule has 1 saturated heterocycles. The van der Waals surface area contributed by atoms with Crippen molar-refractivity contribution in [2.75, 3.05) is 26.3 Å². The van der Waals surface area contributed by atoms with E-state index < -0.39 is 0 Å². The zero-order chi connectivity index (χ0) is 13.0. The van der Waals surface area contributed by atoms with Crippen LogP contribution >= 0.6 is 0 Å². The summed E-state index contributed by atoms with van der Waals surface area (Å²) in [5, 5.41) is 10.2. The lowest BCUT2D eigenvalue weighted by atomic mass is 10.0. The first-order valence-corrected chi connectivity index (χ1v) is 6.65. The second-order valence-electron chi connectivity index (χ2n) is 5.57. The van der Waals surface area contributed by atoms with Gasteiger partial charge in [-0.15, -0.1) is 0 Å². The molecule has 2 rings (SSSR count). The molecule has 0 radical (unpaired) electrons. The van der Waals surface area contributed by atoms with E-state index in [-0.39, 0.29) is 11.6 Å². The van der Waals surface area contributed by atoms with Crippen LogP contribution in [0.15, 0.2) is 30.3 Å². The first-order chi connectivity index (χ1) is 8.59. The van der Waals surface area contributed by atoms with Gasteiger partial charge < -0.3 is 9.84 Å². The lowest BCUT2D eigenvalue weighted by molar-refractivity contribution is -0.0552. The van der Waals surface area contributed by atoms with Crippen LogP contribution < -0.4 is 0 Å². The molecule has 3 nitrogen and oxygen atoms in total. The Kier molecular flexibility index (Phi) is 4.38. The number of aliphatic hydroxyl groups excluding tert-OH is 1. The van der Waals surface area contributed by atoms with Crippen LogP contribution in [0.25, 0.3) is 0 Å². The maximum absolute atomic E-state index is 10.2. The molecule has 0 saturated carbocycles. The van der Waals surface area contributed by atoms with Gasteiger partial charge in [0.2, 0.25) is 0 Å². The van der Waals surface area contributed by atoms with E-state index >= 15 is 0 Å². The molecule has 1 aliphatic rings. The second-order valence-corrected chi connectivity index (χ2v) is 5.57. The number of hydrogen-bond acceptors (Lipinski definition) is 3. The van der Waals surface area contributed by atoms with Gasteiger partial charge in [-0.1, -0.05) is 30.3 Å². The van der Waals surface area contributed by atoms with E-state index in [2.05, 4.69) is 18.7 Å². The van der Waals surface area contributed by atoms with Gasteiger partial charge in [0.05, 0.1) is 19.3 Å². The van der Waals surface area contributed by atoms with Crippen LogP contribution in [0.1, 0.15) is 31.9 Å². The van der Waals surface area contributed by atoms with Crippen molar-refractivity contribution in [1.29, 1.82) is 0 Å². The molecule has 0 bridgehead atoms. The Labute approximate surface area is 109 Å². The predicted octanol–water partition coefficient (Wildman–Crippen LogP) is 2.22. The van der Waals surface area contributed by atoms with Gasteiger partial charge >= 0.3 is 0 Å². The normalized spacial score (nSPS) is 21.7. The Morgan fingerprint density at radius 3 is 2.72 bits per heavy atom. The van der Waals surface area contributed by atoms with Crippen LogP contribution in [-0.2, 0) is 4.74 Å². The minimum Gasteiger partial charge on any atom is -0.388 e. The molecular weight excluding hydrogens is 226 g/mol. The van der Waals surface area contributed by atoms with Crippen molar-refractivity contribution in [3.63, 3.8) is 0 Å². The van der Waals surface area contributed by atoms with Gasteiger partial charge in [-0.25, -0.2) is 0 Å². The number of ether oxygens (including phenoxy) is 1. The summed E-state index contributed by atoms with van der Waals surface area (Å²) in [7, 11) is 0. The lowest BCUT2D eigenvalue weighted by Crippen LogP contribution is -2.53. The summed E-state index contributed by atoms with van der Waals surface area (Å²) < 4.78 is 5.50. The van der Waals surface area contributed by atoms with Crippen molar-refractivity contribution in [3.05, 3.63) is 35.9 Å². The maximum Gasteiger partial charge on any atom is 0.0802 e. The summed E-state index contributed by atoms with van der Waals surface area (Å²) in [6, 6.07) is 9.88. The zero-order valence-corrected chi connectivity index (χ0v) is 11.3. The number of aliphatic hydroxyl groups is 1. The Morgan fingerprint density at radius 1 is 1.33 bits per heavy atom. The number of morpholine rings is 1. The molecule has 1 aromatic carbocycles. The van der Waals surface area contributed by atoms with Crippen molar-refractivity contribution >= 4 is 0 Å². The van der Waals surface area contributed by atoms with Crippen molar-refractivity contribution in [1.82, 2.24) is 4.90 Å². The van der Waals surface area contributed by atoms with E-state index in [9.17, 15) is 5.11 Å². The number of hydrogen-bond donors (Lipinski definition) is 1. The smallest absolute Gasteiger partial charge is 0.0802 e. The number of rotatable bonds is 4. The molecule has 0 amide bonds. The summed E-state index contributed by atoms with van der Waals surface area (Å²) >= 11 is 0. The molecule has 1 atom stereocenters. The largest absolute Gasteiger partial charge is 0.388 e. The zero-order valence-electron chi connectivity index (χ0n) is 11.3. The van der Waals surface area contributed by atoms with Gasteiger partial charge in [-0.3, -0.25) is 4.90 Å². The molecule has 0 aromatic heterocycles. The first kappa shape index (κ1) is 13.5. The quantitative estimate of drug-likeness (QED) is 0.888. The molecule has 1 N–H and O–H groups in total. The minimum atomic E-state index is -0.371. The average Bonchev–Trinajstić information content (AvgIpc) is 2.38. The standard InChI is InChI=1S/C15H23NO2/c1-15(2)12-18-11-10-16(15)9-8-14(17)13-6-4-3-5-7-13/h3-7,14,17H,8-12H2,1-2H3. The highest BCUT2D eigenvalue weighted by atomic mass is 16.5. The predicted molar refractivity (Wildman–Crippen MR) is 72.5 cm³/mol. The molecule has 1 fully saturated rings. The van der Waals surface area contributed by atoms with Crippen molar-refractivity contribution < 1.29 is 9.84 Å². The highest BCUT2D eigenvalue weighted by Gasteiger charge is 2.30. The van der Waals surface area contributed by atoms with Gasteiger partial charge in [0.1, 0.15) is 0 Å². The third-order valence-corrected chi connectivity index (χ3v) is 3.67. The van der Waals surface area contributed by atoms with E-state index in [1.54, 1.807) is 0 Å². The van der Waals surface area contributed by atoms with Crippen LogP contribution in [0.3, 0.4) is 0 Å². The molecule has 0 aliphatic carbocycles. The fraction of sp³-hybridized carbons (Fsp3) is 0.600. The van der Waals surface area contributed by atoms with Crippen LogP contribution in [0.5, 0.6) is 0 Å². The van der Waals surface area contributed by atoms with Gasteiger partial charge in [-0.05, 0) is 25.8 Å². The van der Waals surface area contributed by atoms with Gasteiger partial charge in [-0.2, -0.15) is 0 Å². The third kappa shape index (κ3) is 3.31. The second kappa shape index (κ2) is 5.83. The summed E-state index contributed by atoms with van der Waals surface area (Å²) in [4.78, 5) is 2.41. The molecule has 0 spiro atoms. The monoisotopic (exact) mass is 249 g/mol. The Hall–Kier alpha value is -0.900. The fourth-order valence-corrected chi connectivity index (χ4v) is 2.43. The molecule has 3 heteroatoms. The molecule has 1 unspecified atom stereocenters. The molecule has 1 aliphatic heterocycles. The van der Waals surface area contributed by atoms with Crippen LogP contribution in [0, 0.1) is 0 Å². The Bertz CT molecular complexity index is 364. The summed E-state index contributed by atoms with van der Waals surface area (Å²) in [5.41, 5.74) is 1.08. The minimum absolute atomic E-state index is 0.0780. The molecule has 100 valence electrons. The van der Waals surface area contributed by atoms with Crippen LogP contribution in [0.4, 0.5) is 0 Å². The van der Waals surface area contributed by atoms with E-state index in [1.165, 1.54) is 0 Å². The van der Waals surface area contributed by atoms with Crippen LogP contribution in [0.2, 0.25) is 0 Å². The van der Waals surface area contributed by atoms with E-state index in [0.717, 1.165) is 38.3 Å². The number of nitrogens with zero attached hydrogens (tertiary/aromatic N) is 1. The Balaban J connectivity index is 1.87. The first-order valence-electron chi connectivity index (χ1n) is 6.65. The maximum atomic E-state index is 10.2. The van der Waals surface area contributed by atoms with Gasteiger partial charge in [0, 0.05) is 18.6 Å². The van der Waals surface area contributed by atoms with Gasteiger partial charge in [0.25, 0.3) is 0 Å². The number of benzene rings is 1. The van der Waals surface area contributed by atoms with Gasteiger partial charge in [0.15, 0.2) is 0 Å². The lowest BCUT2D eigenvalue weighted by Gasteiger charge is -2.42. The third-order valence-electron chi connectivity index (χ3n) is 3.67. The summed E-state index contributed by atoms with van der Waals surface area (Å²) in [6.07, 6.45) is 0.401. The molecule has 18 heavy (non-hydrogen) atoms. The SMILES string of the molecule is CC1(C)COCCN1CCC(O)c1ccccc1. The van der Waals surface area contributed by atoms with E-state index in [4.69, 9.17) is 4.74 Å². The Morgan fingerprint density at radius 2 is 2.06 bits per heavy atom. The molecule has 1 heterocycles. The van der Waals surface area contributed by atoms with E-state index in [0.29, 0.717) is 0 Å². The highest BCUT2D eigenvalue weighted by molar-refractivity contribution is 5.17. The van der Waals surface area contributed by atoms with Crippen LogP contribution in [-0.4, -0.2) is 41.8 Å². The topological polar surface area (TPSA) is 32.7 Å².